The molecule has 6 nitrogen and oxygen atoms in total. The zero-order valence-corrected chi connectivity index (χ0v) is 10.9. The summed E-state index contributed by atoms with van der Waals surface area (Å²) in [6, 6.07) is 3.59. The predicted octanol–water partition coefficient (Wildman–Crippen LogP) is 2.32. The monoisotopic (exact) mass is 248 g/mol. The Balaban J connectivity index is 2.21. The molecule has 6 heteroatoms. The molecule has 2 aromatic rings. The lowest BCUT2D eigenvalue weighted by Gasteiger charge is -2.10. The number of carbonyl (C=O) groups excluding carboxylic acids is 1. The topological polar surface area (TPSA) is 73.0 Å². The molecular weight excluding hydrogens is 232 g/mol. The van der Waals surface area contributed by atoms with E-state index in [0.29, 0.717) is 11.6 Å². The van der Waals surface area contributed by atoms with Gasteiger partial charge in [0.15, 0.2) is 5.69 Å². The highest BCUT2D eigenvalue weighted by Gasteiger charge is 2.15. The second kappa shape index (κ2) is 4.64. The number of nitrogens with one attached hydrogen (secondary N) is 1. The van der Waals surface area contributed by atoms with Crippen molar-refractivity contribution in [2.75, 3.05) is 5.32 Å². The summed E-state index contributed by atoms with van der Waals surface area (Å²) in [6.07, 6.45) is 0. The number of nitrogens with zero attached hydrogens (tertiary/aromatic N) is 3. The van der Waals surface area contributed by atoms with Crippen LogP contribution in [0.4, 0.5) is 5.82 Å². The van der Waals surface area contributed by atoms with Gasteiger partial charge >= 0.3 is 0 Å². The molecule has 0 aromatic carbocycles. The van der Waals surface area contributed by atoms with Crippen LogP contribution in [-0.2, 0) is 0 Å². The number of hydrogen-bond acceptors (Lipinski definition) is 4. The zero-order valence-electron chi connectivity index (χ0n) is 10.9. The van der Waals surface area contributed by atoms with Crippen molar-refractivity contribution in [3.63, 3.8) is 0 Å². The van der Waals surface area contributed by atoms with Gasteiger partial charge in [0.25, 0.3) is 5.91 Å². The van der Waals surface area contributed by atoms with Gasteiger partial charge in [-0.05, 0) is 27.7 Å². The van der Waals surface area contributed by atoms with E-state index in [9.17, 15) is 4.79 Å². The lowest BCUT2D eigenvalue weighted by atomic mass is 10.3. The molecule has 0 unspecified atom stereocenters. The van der Waals surface area contributed by atoms with Crippen LogP contribution in [0.2, 0.25) is 0 Å². The van der Waals surface area contributed by atoms with Crippen molar-refractivity contribution in [1.82, 2.24) is 14.9 Å². The predicted molar refractivity (Wildman–Crippen MR) is 66.5 cm³/mol. The molecule has 2 aromatic heterocycles. The van der Waals surface area contributed by atoms with E-state index in [0.717, 1.165) is 5.69 Å². The normalized spacial score (nSPS) is 10.9. The van der Waals surface area contributed by atoms with Gasteiger partial charge in [-0.15, -0.1) is 0 Å². The Hall–Kier alpha value is -2.11. The molecule has 96 valence electrons. The van der Waals surface area contributed by atoms with Gasteiger partial charge in [-0.2, -0.15) is 5.10 Å². The third kappa shape index (κ3) is 2.42. The van der Waals surface area contributed by atoms with Crippen molar-refractivity contribution in [3.05, 3.63) is 29.3 Å². The number of aryl methyl sites for hydroxylation is 2. The van der Waals surface area contributed by atoms with Crippen LogP contribution in [0, 0.1) is 13.8 Å². The number of carbonyl (C=O) groups is 1. The average molecular weight is 248 g/mol. The summed E-state index contributed by atoms with van der Waals surface area (Å²) >= 11 is 0. The van der Waals surface area contributed by atoms with E-state index in [-0.39, 0.29) is 17.6 Å². The maximum absolute atomic E-state index is 11.9. The SMILES string of the molecule is Cc1cc(NC(=O)c2cc(C)on2)n(C(C)C)n1. The van der Waals surface area contributed by atoms with Gasteiger partial charge in [0.1, 0.15) is 11.6 Å². The fourth-order valence-corrected chi connectivity index (χ4v) is 1.66. The summed E-state index contributed by atoms with van der Waals surface area (Å²) in [4.78, 5) is 11.9. The summed E-state index contributed by atoms with van der Waals surface area (Å²) in [5.41, 5.74) is 1.12. The van der Waals surface area contributed by atoms with Crippen molar-refractivity contribution in [3.8, 4) is 0 Å². The first-order chi connectivity index (χ1) is 8.47. The van der Waals surface area contributed by atoms with E-state index in [1.165, 1.54) is 0 Å². The third-order valence-corrected chi connectivity index (χ3v) is 2.45. The first kappa shape index (κ1) is 12.3. The molecule has 0 aliphatic rings. The first-order valence-corrected chi connectivity index (χ1v) is 5.78. The van der Waals surface area contributed by atoms with Crippen molar-refractivity contribution in [2.45, 2.75) is 33.7 Å². The molecule has 0 saturated heterocycles. The van der Waals surface area contributed by atoms with Crippen LogP contribution in [0.25, 0.3) is 0 Å². The van der Waals surface area contributed by atoms with E-state index in [4.69, 9.17) is 4.52 Å². The number of rotatable bonds is 3. The fraction of sp³-hybridized carbons (Fsp3) is 0.417. The maximum Gasteiger partial charge on any atom is 0.278 e. The molecule has 1 amide bonds. The lowest BCUT2D eigenvalue weighted by Crippen LogP contribution is -2.16. The average Bonchev–Trinajstić information content (AvgIpc) is 2.85. The van der Waals surface area contributed by atoms with E-state index in [1.807, 2.05) is 26.8 Å². The highest BCUT2D eigenvalue weighted by atomic mass is 16.5. The highest BCUT2D eigenvalue weighted by Crippen LogP contribution is 2.16. The van der Waals surface area contributed by atoms with Crippen LogP contribution >= 0.6 is 0 Å². The second-order valence-electron chi connectivity index (χ2n) is 4.49. The van der Waals surface area contributed by atoms with Gasteiger partial charge in [-0.3, -0.25) is 4.79 Å². The molecule has 18 heavy (non-hydrogen) atoms. The summed E-state index contributed by atoms with van der Waals surface area (Å²) in [7, 11) is 0. The smallest absolute Gasteiger partial charge is 0.278 e. The Labute approximate surface area is 105 Å². The number of hydrogen-bond donors (Lipinski definition) is 1. The van der Waals surface area contributed by atoms with Crippen molar-refractivity contribution in [1.29, 1.82) is 0 Å². The summed E-state index contributed by atoms with van der Waals surface area (Å²) in [5, 5.41) is 10.8. The molecule has 0 spiro atoms. The van der Waals surface area contributed by atoms with Crippen molar-refractivity contribution >= 4 is 11.7 Å². The molecule has 0 aliphatic heterocycles. The van der Waals surface area contributed by atoms with Crippen LogP contribution < -0.4 is 5.32 Å². The van der Waals surface area contributed by atoms with Crippen LogP contribution in [-0.4, -0.2) is 20.8 Å². The van der Waals surface area contributed by atoms with E-state index < -0.39 is 0 Å². The molecule has 0 bridgehead atoms. The molecule has 2 heterocycles. The summed E-state index contributed by atoms with van der Waals surface area (Å²) in [6.45, 7) is 7.63. The Bertz CT molecular complexity index is 568. The van der Waals surface area contributed by atoms with Gasteiger partial charge in [0, 0.05) is 18.2 Å². The fourth-order valence-electron chi connectivity index (χ4n) is 1.66. The lowest BCUT2D eigenvalue weighted by molar-refractivity contribution is 0.101. The minimum Gasteiger partial charge on any atom is -0.361 e. The van der Waals surface area contributed by atoms with Crippen LogP contribution in [0.1, 0.15) is 41.8 Å². The minimum atomic E-state index is -0.298. The van der Waals surface area contributed by atoms with Crippen molar-refractivity contribution < 1.29 is 9.32 Å². The van der Waals surface area contributed by atoms with Gasteiger partial charge in [0.05, 0.1) is 5.69 Å². The molecule has 0 aliphatic carbocycles. The molecule has 0 atom stereocenters. The van der Waals surface area contributed by atoms with E-state index in [1.54, 1.807) is 17.7 Å². The van der Waals surface area contributed by atoms with E-state index in [2.05, 4.69) is 15.6 Å². The highest BCUT2D eigenvalue weighted by molar-refractivity contribution is 6.02. The van der Waals surface area contributed by atoms with Gasteiger partial charge < -0.3 is 9.84 Å². The van der Waals surface area contributed by atoms with Crippen LogP contribution in [0.3, 0.4) is 0 Å². The molecule has 1 N–H and O–H groups in total. The first-order valence-electron chi connectivity index (χ1n) is 5.78. The van der Waals surface area contributed by atoms with Gasteiger partial charge in [-0.25, -0.2) is 4.68 Å². The maximum atomic E-state index is 11.9. The third-order valence-electron chi connectivity index (χ3n) is 2.45. The number of amides is 1. The molecule has 0 radical (unpaired) electrons. The Kier molecular flexibility index (Phi) is 3.18. The molecule has 0 fully saturated rings. The Morgan fingerprint density at radius 2 is 2.11 bits per heavy atom. The summed E-state index contributed by atoms with van der Waals surface area (Å²) < 4.78 is 6.64. The van der Waals surface area contributed by atoms with Crippen LogP contribution in [0.5, 0.6) is 0 Å². The summed E-state index contributed by atoms with van der Waals surface area (Å²) in [5.74, 6) is 0.968. The quantitative estimate of drug-likeness (QED) is 0.904. The minimum absolute atomic E-state index is 0.174. The second-order valence-corrected chi connectivity index (χ2v) is 4.49. The zero-order chi connectivity index (χ0) is 13.3. The van der Waals surface area contributed by atoms with E-state index >= 15 is 0 Å². The van der Waals surface area contributed by atoms with Crippen LogP contribution in [0.15, 0.2) is 16.7 Å². The molecular formula is C12H16N4O2. The van der Waals surface area contributed by atoms with Gasteiger partial charge in [0.2, 0.25) is 0 Å². The molecule has 0 saturated carbocycles. The number of anilines is 1. The number of aromatic nitrogens is 3. The standard InChI is InChI=1S/C12H16N4O2/c1-7(2)16-11(5-8(3)14-16)13-12(17)10-6-9(4)18-15-10/h5-7H,1-4H3,(H,13,17). The Morgan fingerprint density at radius 3 is 2.67 bits per heavy atom. The largest absolute Gasteiger partial charge is 0.361 e. The molecule has 2 rings (SSSR count). The van der Waals surface area contributed by atoms with Crippen molar-refractivity contribution in [2.24, 2.45) is 0 Å². The van der Waals surface area contributed by atoms with Gasteiger partial charge in [-0.1, -0.05) is 5.16 Å². The Morgan fingerprint density at radius 1 is 1.39 bits per heavy atom.